The number of aromatic carboxylic acids is 1. The van der Waals surface area contributed by atoms with E-state index < -0.39 is 5.97 Å². The van der Waals surface area contributed by atoms with Crippen molar-refractivity contribution in [2.24, 2.45) is 0 Å². The minimum Gasteiger partial charge on any atom is -0.478 e. The highest BCUT2D eigenvalue weighted by Crippen LogP contribution is 2.29. The molecule has 1 aliphatic rings. The summed E-state index contributed by atoms with van der Waals surface area (Å²) in [4.78, 5) is 20.1. The Labute approximate surface area is 123 Å². The first kappa shape index (κ1) is 13.7. The molecule has 0 amide bonds. The number of carboxylic acids is 1. The Bertz CT molecular complexity index is 651. The van der Waals surface area contributed by atoms with Crippen LogP contribution >= 0.6 is 0 Å². The van der Waals surface area contributed by atoms with E-state index in [0.29, 0.717) is 5.92 Å². The number of nitrogens with one attached hydrogen (secondary N) is 1. The van der Waals surface area contributed by atoms with E-state index in [1.54, 1.807) is 30.6 Å². The number of rotatable bonds is 3. The van der Waals surface area contributed by atoms with E-state index in [0.717, 1.165) is 42.9 Å². The third-order valence-electron chi connectivity index (χ3n) is 3.79. The maximum atomic E-state index is 11.1. The van der Waals surface area contributed by atoms with E-state index in [2.05, 4.69) is 15.3 Å². The smallest absolute Gasteiger partial charge is 0.335 e. The normalized spacial score (nSPS) is 18.4. The number of aromatic nitrogens is 2. The van der Waals surface area contributed by atoms with Gasteiger partial charge in [-0.3, -0.25) is 9.97 Å². The van der Waals surface area contributed by atoms with Gasteiger partial charge in [-0.2, -0.15) is 0 Å². The fourth-order valence-corrected chi connectivity index (χ4v) is 2.75. The van der Waals surface area contributed by atoms with Crippen LogP contribution in [-0.2, 0) is 0 Å². The standard InChI is InChI=1S/C16H17N3O2/c20-16(21)12-4-1-3-11(9-12)14-15(19-8-7-18-14)13-5-2-6-17-10-13/h1,3-4,7-9,13,17H,2,5-6,10H2,(H,20,21)/t13-/m1/s1. The molecule has 5 heteroatoms. The van der Waals surface area contributed by atoms with Crippen LogP contribution in [0.3, 0.4) is 0 Å². The molecule has 2 aromatic rings. The van der Waals surface area contributed by atoms with Crippen molar-refractivity contribution in [2.75, 3.05) is 13.1 Å². The molecule has 1 atom stereocenters. The van der Waals surface area contributed by atoms with Gasteiger partial charge in [0.2, 0.25) is 0 Å². The molecule has 0 spiro atoms. The quantitative estimate of drug-likeness (QED) is 0.904. The maximum absolute atomic E-state index is 11.1. The highest BCUT2D eigenvalue weighted by Gasteiger charge is 2.21. The highest BCUT2D eigenvalue weighted by atomic mass is 16.4. The van der Waals surface area contributed by atoms with Crippen LogP contribution in [0.2, 0.25) is 0 Å². The number of hydrogen-bond donors (Lipinski definition) is 2. The Morgan fingerprint density at radius 2 is 2.14 bits per heavy atom. The second-order valence-electron chi connectivity index (χ2n) is 5.22. The molecule has 3 rings (SSSR count). The number of benzene rings is 1. The number of carboxylic acid groups (broad SMARTS) is 1. The molecule has 1 fully saturated rings. The van der Waals surface area contributed by atoms with Crippen molar-refractivity contribution in [3.8, 4) is 11.3 Å². The molecule has 0 saturated carbocycles. The molecule has 21 heavy (non-hydrogen) atoms. The zero-order valence-electron chi connectivity index (χ0n) is 11.6. The first-order chi connectivity index (χ1) is 10.3. The summed E-state index contributed by atoms with van der Waals surface area (Å²) in [5.41, 5.74) is 2.82. The molecule has 0 unspecified atom stereocenters. The molecule has 108 valence electrons. The molecule has 2 N–H and O–H groups in total. The third-order valence-corrected chi connectivity index (χ3v) is 3.79. The van der Waals surface area contributed by atoms with Gasteiger partial charge in [-0.1, -0.05) is 12.1 Å². The monoisotopic (exact) mass is 283 g/mol. The van der Waals surface area contributed by atoms with Gasteiger partial charge >= 0.3 is 5.97 Å². The van der Waals surface area contributed by atoms with Gasteiger partial charge in [-0.15, -0.1) is 0 Å². The molecular weight excluding hydrogens is 266 g/mol. The minimum atomic E-state index is -0.929. The van der Waals surface area contributed by atoms with Gasteiger partial charge in [-0.25, -0.2) is 4.79 Å². The summed E-state index contributed by atoms with van der Waals surface area (Å²) < 4.78 is 0. The lowest BCUT2D eigenvalue weighted by Gasteiger charge is -2.23. The highest BCUT2D eigenvalue weighted by molar-refractivity contribution is 5.89. The fourth-order valence-electron chi connectivity index (χ4n) is 2.75. The van der Waals surface area contributed by atoms with Crippen LogP contribution in [0.4, 0.5) is 0 Å². The SMILES string of the molecule is O=C(O)c1cccc(-c2nccnc2[C@@H]2CCCNC2)c1. The Kier molecular flexibility index (Phi) is 3.92. The minimum absolute atomic E-state index is 0.269. The summed E-state index contributed by atoms with van der Waals surface area (Å²) in [6.07, 6.45) is 5.56. The van der Waals surface area contributed by atoms with Crippen molar-refractivity contribution in [1.29, 1.82) is 0 Å². The van der Waals surface area contributed by atoms with Crippen molar-refractivity contribution >= 4 is 5.97 Å². The van der Waals surface area contributed by atoms with Gasteiger partial charge < -0.3 is 10.4 Å². The average Bonchev–Trinajstić information content (AvgIpc) is 2.56. The van der Waals surface area contributed by atoms with E-state index in [9.17, 15) is 4.79 Å². The molecule has 1 aromatic carbocycles. The zero-order chi connectivity index (χ0) is 14.7. The lowest BCUT2D eigenvalue weighted by molar-refractivity contribution is 0.0697. The fraction of sp³-hybridized carbons (Fsp3) is 0.312. The van der Waals surface area contributed by atoms with Gasteiger partial charge in [0, 0.05) is 30.4 Å². The summed E-state index contributed by atoms with van der Waals surface area (Å²) in [7, 11) is 0. The maximum Gasteiger partial charge on any atom is 0.335 e. The first-order valence-electron chi connectivity index (χ1n) is 7.11. The third kappa shape index (κ3) is 2.92. The van der Waals surface area contributed by atoms with Crippen LogP contribution in [0.15, 0.2) is 36.7 Å². The Hall–Kier alpha value is -2.27. The second-order valence-corrected chi connectivity index (χ2v) is 5.22. The van der Waals surface area contributed by atoms with Gasteiger partial charge in [-0.05, 0) is 31.5 Å². The summed E-state index contributed by atoms with van der Waals surface area (Å²) in [6, 6.07) is 6.88. The molecule has 1 saturated heterocycles. The first-order valence-corrected chi connectivity index (χ1v) is 7.11. The van der Waals surface area contributed by atoms with Crippen LogP contribution in [0.1, 0.15) is 34.8 Å². The zero-order valence-corrected chi connectivity index (χ0v) is 11.6. The number of nitrogens with zero attached hydrogens (tertiary/aromatic N) is 2. The Balaban J connectivity index is 2.02. The van der Waals surface area contributed by atoms with E-state index in [1.165, 1.54) is 0 Å². The molecular formula is C16H17N3O2. The predicted molar refractivity (Wildman–Crippen MR) is 79.3 cm³/mol. The lowest BCUT2D eigenvalue weighted by Crippen LogP contribution is -2.29. The van der Waals surface area contributed by atoms with Gasteiger partial charge in [0.25, 0.3) is 0 Å². The topological polar surface area (TPSA) is 75.1 Å². The van der Waals surface area contributed by atoms with Crippen LogP contribution < -0.4 is 5.32 Å². The van der Waals surface area contributed by atoms with E-state index >= 15 is 0 Å². The summed E-state index contributed by atoms with van der Waals surface area (Å²) in [5.74, 6) is -0.599. The van der Waals surface area contributed by atoms with Gasteiger partial charge in [0.1, 0.15) is 0 Å². The Morgan fingerprint density at radius 1 is 1.29 bits per heavy atom. The largest absolute Gasteiger partial charge is 0.478 e. The van der Waals surface area contributed by atoms with Crippen molar-refractivity contribution in [3.63, 3.8) is 0 Å². The van der Waals surface area contributed by atoms with Crippen LogP contribution in [0.25, 0.3) is 11.3 Å². The summed E-state index contributed by atoms with van der Waals surface area (Å²) in [6.45, 7) is 1.94. The average molecular weight is 283 g/mol. The molecule has 1 aliphatic heterocycles. The molecule has 1 aromatic heterocycles. The lowest BCUT2D eigenvalue weighted by atomic mass is 9.92. The molecule has 0 bridgehead atoms. The second kappa shape index (κ2) is 6.01. The van der Waals surface area contributed by atoms with Crippen molar-refractivity contribution in [2.45, 2.75) is 18.8 Å². The van der Waals surface area contributed by atoms with E-state index in [-0.39, 0.29) is 5.56 Å². The summed E-state index contributed by atoms with van der Waals surface area (Å²) in [5, 5.41) is 12.5. The number of piperidine rings is 1. The van der Waals surface area contributed by atoms with Crippen LogP contribution in [-0.4, -0.2) is 34.1 Å². The van der Waals surface area contributed by atoms with Crippen LogP contribution in [0, 0.1) is 0 Å². The molecule has 0 radical (unpaired) electrons. The number of carbonyl (C=O) groups is 1. The van der Waals surface area contributed by atoms with Gasteiger partial charge in [0.05, 0.1) is 17.0 Å². The van der Waals surface area contributed by atoms with E-state index in [4.69, 9.17) is 5.11 Å². The van der Waals surface area contributed by atoms with Crippen molar-refractivity contribution in [3.05, 3.63) is 47.9 Å². The Morgan fingerprint density at radius 3 is 2.90 bits per heavy atom. The molecule has 2 heterocycles. The van der Waals surface area contributed by atoms with Gasteiger partial charge in [0.15, 0.2) is 0 Å². The van der Waals surface area contributed by atoms with Crippen molar-refractivity contribution in [1.82, 2.24) is 15.3 Å². The molecule has 0 aliphatic carbocycles. The number of hydrogen-bond acceptors (Lipinski definition) is 4. The predicted octanol–water partition coefficient (Wildman–Crippen LogP) is 2.31. The van der Waals surface area contributed by atoms with Crippen LogP contribution in [0.5, 0.6) is 0 Å². The van der Waals surface area contributed by atoms with Crippen molar-refractivity contribution < 1.29 is 9.90 Å². The molecule has 5 nitrogen and oxygen atoms in total. The van der Waals surface area contributed by atoms with E-state index in [1.807, 2.05) is 6.07 Å². The summed E-state index contributed by atoms with van der Waals surface area (Å²) >= 11 is 0.